The number of benzene rings is 1. The molecule has 144 valence electrons. The lowest BCUT2D eigenvalue weighted by Crippen LogP contribution is -2.46. The largest absolute Gasteiger partial charge is 0.493 e. The van der Waals surface area contributed by atoms with E-state index in [0.29, 0.717) is 35.3 Å². The Bertz CT molecular complexity index is 787. The molecule has 1 N–H and O–H groups in total. The predicted octanol–water partition coefficient (Wildman–Crippen LogP) is 3.22. The van der Waals surface area contributed by atoms with Crippen molar-refractivity contribution in [3.8, 4) is 17.5 Å². The van der Waals surface area contributed by atoms with E-state index in [1.54, 1.807) is 37.3 Å². The highest BCUT2D eigenvalue weighted by atomic mass is 35.5. The number of halogens is 1. The van der Waals surface area contributed by atoms with Gasteiger partial charge in [0.2, 0.25) is 0 Å². The molecule has 1 aromatic heterocycles. The zero-order chi connectivity index (χ0) is 19.2. The van der Waals surface area contributed by atoms with Gasteiger partial charge >= 0.3 is 12.0 Å². The van der Waals surface area contributed by atoms with E-state index in [4.69, 9.17) is 25.8 Å². The highest BCUT2D eigenvalue weighted by molar-refractivity contribution is 6.30. The van der Waals surface area contributed by atoms with Gasteiger partial charge in [0.05, 0.1) is 38.2 Å². The molecule has 0 saturated carbocycles. The summed E-state index contributed by atoms with van der Waals surface area (Å²) < 4.78 is 16.2. The average molecular weight is 393 g/mol. The second-order valence-electron chi connectivity index (χ2n) is 6.01. The number of urea groups is 1. The maximum absolute atomic E-state index is 12.6. The van der Waals surface area contributed by atoms with Crippen molar-refractivity contribution in [2.24, 2.45) is 0 Å². The van der Waals surface area contributed by atoms with E-state index in [1.807, 2.05) is 0 Å². The Morgan fingerprint density at radius 2 is 1.96 bits per heavy atom. The van der Waals surface area contributed by atoms with E-state index in [2.05, 4.69) is 15.3 Å². The van der Waals surface area contributed by atoms with E-state index in [9.17, 15) is 4.79 Å². The number of amides is 2. The Labute approximate surface area is 162 Å². The van der Waals surface area contributed by atoms with E-state index in [-0.39, 0.29) is 18.1 Å². The number of nitrogens with zero attached hydrogens (tertiary/aromatic N) is 3. The first kappa shape index (κ1) is 19.0. The van der Waals surface area contributed by atoms with Crippen molar-refractivity contribution in [2.45, 2.75) is 18.9 Å². The number of methoxy groups -OCH3 is 2. The van der Waals surface area contributed by atoms with Crippen molar-refractivity contribution in [1.29, 1.82) is 0 Å². The molecule has 1 aromatic carbocycles. The summed E-state index contributed by atoms with van der Waals surface area (Å²) in [6, 6.07) is 5.28. The van der Waals surface area contributed by atoms with Crippen molar-refractivity contribution in [3.05, 3.63) is 35.6 Å². The van der Waals surface area contributed by atoms with E-state index in [0.717, 1.165) is 12.8 Å². The fourth-order valence-electron chi connectivity index (χ4n) is 2.85. The summed E-state index contributed by atoms with van der Waals surface area (Å²) in [7, 11) is 3.11. The van der Waals surface area contributed by atoms with Crippen LogP contribution < -0.4 is 19.5 Å². The Hall–Kier alpha value is -2.74. The predicted molar refractivity (Wildman–Crippen MR) is 101 cm³/mol. The minimum atomic E-state index is -0.201. The van der Waals surface area contributed by atoms with Crippen LogP contribution >= 0.6 is 11.6 Å². The molecule has 1 atom stereocenters. The van der Waals surface area contributed by atoms with Gasteiger partial charge in [-0.1, -0.05) is 11.6 Å². The van der Waals surface area contributed by atoms with Crippen LogP contribution in [0.15, 0.2) is 30.6 Å². The molecule has 0 bridgehead atoms. The molecule has 1 fully saturated rings. The smallest absolute Gasteiger partial charge is 0.321 e. The highest BCUT2D eigenvalue weighted by Gasteiger charge is 2.25. The first-order valence-electron chi connectivity index (χ1n) is 8.51. The number of ether oxygens (including phenoxy) is 3. The van der Waals surface area contributed by atoms with Crippen molar-refractivity contribution in [2.75, 3.05) is 32.6 Å². The van der Waals surface area contributed by atoms with Crippen LogP contribution in [0, 0.1) is 0 Å². The van der Waals surface area contributed by atoms with Crippen LogP contribution in [0.3, 0.4) is 0 Å². The molecule has 2 heterocycles. The maximum Gasteiger partial charge on any atom is 0.321 e. The molecule has 8 nitrogen and oxygen atoms in total. The van der Waals surface area contributed by atoms with Crippen LogP contribution in [0.25, 0.3) is 0 Å². The van der Waals surface area contributed by atoms with Crippen molar-refractivity contribution in [1.82, 2.24) is 14.9 Å². The molecule has 0 radical (unpaired) electrons. The quantitative estimate of drug-likeness (QED) is 0.840. The molecular weight excluding hydrogens is 372 g/mol. The lowest BCUT2D eigenvalue weighted by atomic mass is 10.1. The van der Waals surface area contributed by atoms with Crippen LogP contribution in [-0.4, -0.2) is 54.3 Å². The maximum atomic E-state index is 12.6. The number of carbonyl (C=O) groups is 1. The number of rotatable bonds is 5. The zero-order valence-electron chi connectivity index (χ0n) is 15.1. The summed E-state index contributed by atoms with van der Waals surface area (Å²) in [4.78, 5) is 22.4. The monoisotopic (exact) mass is 392 g/mol. The van der Waals surface area contributed by atoms with Crippen LogP contribution in [0.1, 0.15) is 12.8 Å². The molecule has 1 saturated heterocycles. The van der Waals surface area contributed by atoms with Crippen LogP contribution in [0.5, 0.6) is 17.5 Å². The van der Waals surface area contributed by atoms with Crippen molar-refractivity contribution in [3.63, 3.8) is 0 Å². The van der Waals surface area contributed by atoms with Gasteiger partial charge in [0.15, 0.2) is 11.5 Å². The third kappa shape index (κ3) is 4.91. The molecule has 3 rings (SSSR count). The molecule has 27 heavy (non-hydrogen) atoms. The Morgan fingerprint density at radius 3 is 2.67 bits per heavy atom. The number of hydrogen-bond donors (Lipinski definition) is 1. The second-order valence-corrected chi connectivity index (χ2v) is 6.45. The number of hydrogen-bond acceptors (Lipinski definition) is 6. The highest BCUT2D eigenvalue weighted by Crippen LogP contribution is 2.30. The summed E-state index contributed by atoms with van der Waals surface area (Å²) in [5.41, 5.74) is 0.627. The van der Waals surface area contributed by atoms with Gasteiger partial charge in [-0.2, -0.15) is 0 Å². The number of nitrogens with one attached hydrogen (secondary N) is 1. The summed E-state index contributed by atoms with van der Waals surface area (Å²) in [6.07, 6.45) is 4.45. The summed E-state index contributed by atoms with van der Waals surface area (Å²) in [5, 5.41) is 3.32. The fraction of sp³-hybridized carbons (Fsp3) is 0.389. The third-order valence-corrected chi connectivity index (χ3v) is 4.36. The van der Waals surface area contributed by atoms with Crippen LogP contribution in [-0.2, 0) is 0 Å². The normalized spacial score (nSPS) is 16.6. The fourth-order valence-corrected chi connectivity index (χ4v) is 2.94. The van der Waals surface area contributed by atoms with Crippen LogP contribution in [0.2, 0.25) is 5.02 Å². The van der Waals surface area contributed by atoms with Crippen LogP contribution in [0.4, 0.5) is 10.5 Å². The Morgan fingerprint density at radius 1 is 1.22 bits per heavy atom. The average Bonchev–Trinajstić information content (AvgIpc) is 2.70. The van der Waals surface area contributed by atoms with Gasteiger partial charge < -0.3 is 24.4 Å². The minimum Gasteiger partial charge on any atom is -0.493 e. The number of likely N-dealkylation sites (tertiary alicyclic amines) is 1. The van der Waals surface area contributed by atoms with Gasteiger partial charge in [-0.25, -0.2) is 14.8 Å². The Balaban J connectivity index is 1.60. The summed E-state index contributed by atoms with van der Waals surface area (Å²) in [6.45, 7) is 1.10. The van der Waals surface area contributed by atoms with Gasteiger partial charge in [0.25, 0.3) is 0 Å². The molecule has 1 aliphatic rings. The minimum absolute atomic E-state index is 0.170. The molecule has 9 heteroatoms. The van der Waals surface area contributed by atoms with Gasteiger partial charge in [-0.3, -0.25) is 0 Å². The standard InChI is InChI=1S/C18H21ClN4O4/c1-25-15-6-5-13(8-16(15)26-2)22-18(24)23-7-3-4-14(11-23)27-17-20-9-12(19)10-21-17/h5-6,8-10,14H,3-4,7,11H2,1-2H3,(H,22,24). The summed E-state index contributed by atoms with van der Waals surface area (Å²) in [5.74, 6) is 1.15. The van der Waals surface area contributed by atoms with Gasteiger partial charge in [-0.15, -0.1) is 0 Å². The molecule has 0 aliphatic carbocycles. The number of aromatic nitrogens is 2. The topological polar surface area (TPSA) is 85.8 Å². The zero-order valence-corrected chi connectivity index (χ0v) is 15.9. The molecule has 1 aliphatic heterocycles. The van der Waals surface area contributed by atoms with Gasteiger partial charge in [0, 0.05) is 18.3 Å². The molecule has 2 amide bonds. The van der Waals surface area contributed by atoms with Crippen molar-refractivity contribution < 1.29 is 19.0 Å². The lowest BCUT2D eigenvalue weighted by molar-refractivity contribution is 0.0983. The third-order valence-electron chi connectivity index (χ3n) is 4.17. The van der Waals surface area contributed by atoms with E-state index >= 15 is 0 Å². The first-order valence-corrected chi connectivity index (χ1v) is 8.89. The van der Waals surface area contributed by atoms with E-state index in [1.165, 1.54) is 12.4 Å². The molecule has 0 spiro atoms. The van der Waals surface area contributed by atoms with Crippen molar-refractivity contribution >= 4 is 23.3 Å². The summed E-state index contributed by atoms with van der Waals surface area (Å²) >= 11 is 5.78. The Kier molecular flexibility index (Phi) is 6.18. The second kappa shape index (κ2) is 8.77. The van der Waals surface area contributed by atoms with E-state index < -0.39 is 0 Å². The van der Waals surface area contributed by atoms with Gasteiger partial charge in [0.1, 0.15) is 6.10 Å². The molecule has 1 unspecified atom stereocenters. The number of carbonyl (C=O) groups excluding carboxylic acids is 1. The SMILES string of the molecule is COc1ccc(NC(=O)N2CCCC(Oc3ncc(Cl)cn3)C2)cc1OC. The lowest BCUT2D eigenvalue weighted by Gasteiger charge is -2.32. The first-order chi connectivity index (χ1) is 13.1. The number of anilines is 1. The van der Waals surface area contributed by atoms with Gasteiger partial charge in [-0.05, 0) is 25.0 Å². The molecule has 2 aromatic rings. The number of piperidine rings is 1. The molecular formula is C18H21ClN4O4.